The molecular weight excluding hydrogens is 467 g/mol. The topological polar surface area (TPSA) is 0 Å². The van der Waals surface area contributed by atoms with Crippen molar-refractivity contribution in [3.05, 3.63) is 0 Å². The Bertz CT molecular complexity index is 6.49. The molecule has 0 amide bonds. The molecule has 0 bridgehead atoms. The summed E-state index contributed by atoms with van der Waals surface area (Å²) in [7, 11) is 0. The smallest absolute Gasteiger partial charge is 0.107 e. The van der Waals surface area contributed by atoms with Crippen LogP contribution >= 0.6 is 122 Å². The van der Waals surface area contributed by atoms with E-state index in [4.69, 9.17) is 0 Å². The molecule has 8 heavy (non-hydrogen) atoms. The van der Waals surface area contributed by atoms with Gasteiger partial charge in [0.25, 0.3) is 0 Å². The highest BCUT2D eigenvalue weighted by Gasteiger charge is -0.106. The summed E-state index contributed by atoms with van der Waals surface area (Å²) in [6, 6.07) is 0. The van der Waals surface area contributed by atoms with Gasteiger partial charge in [0.2, 0.25) is 0 Å². The van der Waals surface area contributed by atoms with Crippen LogP contribution in [-0.2, 0) is 0 Å². The van der Waals surface area contributed by atoms with Gasteiger partial charge in [0.05, 0.1) is 0 Å². The lowest BCUT2D eigenvalue weighted by atomic mass is 35.5. The maximum Gasteiger partial charge on any atom is -0.107 e. The van der Waals surface area contributed by atoms with Crippen LogP contribution in [-0.4, -0.2) is 0 Å². The molecule has 0 heterocycles. The van der Waals surface area contributed by atoms with Gasteiger partial charge in [-0.15, -0.1) is 122 Å². The van der Waals surface area contributed by atoms with Gasteiger partial charge in [0.1, 0.15) is 0 Å². The highest BCUT2D eigenvalue weighted by molar-refractivity contribution is 14.0. The van der Waals surface area contributed by atoms with Crippen molar-refractivity contribution in [2.45, 2.75) is 0 Å². The molecule has 0 radical (unpaired) electrons. The molecule has 8 heteroatoms. The van der Waals surface area contributed by atoms with E-state index in [-0.39, 0.29) is 122 Å². The number of rotatable bonds is 0. The Kier molecular flexibility index (Phi) is 1200. The van der Waals surface area contributed by atoms with Gasteiger partial charge >= 0.3 is 0 Å². The minimum atomic E-state index is 0. The van der Waals surface area contributed by atoms with Crippen molar-refractivity contribution < 1.29 is 0 Å². The first kappa shape index (κ1) is 114. The molecule has 0 aliphatic heterocycles. The van der Waals surface area contributed by atoms with E-state index in [0.717, 1.165) is 0 Å². The molecule has 0 aliphatic rings. The molecule has 0 unspecified atom stereocenters. The average molecular weight is 475 g/mol. The predicted octanol–water partition coefficient (Wildman–Crippen LogP) is 3.77. The van der Waals surface area contributed by atoms with Gasteiger partial charge in [-0.2, -0.15) is 0 Å². The molecule has 0 rings (SSSR count). The lowest BCUT2D eigenvalue weighted by molar-refractivity contribution is 5.85. The van der Waals surface area contributed by atoms with E-state index in [1.807, 2.05) is 0 Å². The molecule has 0 aromatic heterocycles. The van der Waals surface area contributed by atoms with E-state index >= 15 is 0 Å². The third-order valence-corrected chi connectivity index (χ3v) is 0. The zero-order chi connectivity index (χ0) is 0. The minimum absolute atomic E-state index is 0. The molecule has 64 valence electrons. The average Bonchev–Trinajstić information content (AvgIpc) is 0. The molecular formula is H8Cl6I2. The van der Waals surface area contributed by atoms with Crippen LogP contribution in [0.15, 0.2) is 0 Å². The Morgan fingerprint density at radius 1 is 0.250 bits per heavy atom. The second-order valence-electron chi connectivity index (χ2n) is 0. The molecule has 0 aromatic rings. The summed E-state index contributed by atoms with van der Waals surface area (Å²) < 4.78 is 0. The first-order valence-electron chi connectivity index (χ1n) is 0. The highest BCUT2D eigenvalue weighted by Crippen LogP contribution is 0.887. The van der Waals surface area contributed by atoms with E-state index in [1.165, 1.54) is 0 Å². The van der Waals surface area contributed by atoms with Gasteiger partial charge in [0, 0.05) is 0 Å². The summed E-state index contributed by atoms with van der Waals surface area (Å²) in [5.74, 6) is 0. The normalized spacial score (nSPS) is 0. The van der Waals surface area contributed by atoms with Gasteiger partial charge in [-0.25, -0.2) is 0 Å². The number of halogens is 8. The van der Waals surface area contributed by atoms with Crippen LogP contribution in [0.3, 0.4) is 0 Å². The standard InChI is InChI=1S/6ClH.2HI/h8*1H. The minimum Gasteiger partial charge on any atom is -0.147 e. The summed E-state index contributed by atoms with van der Waals surface area (Å²) in [6.45, 7) is 0. The van der Waals surface area contributed by atoms with Gasteiger partial charge < -0.3 is 0 Å². The Morgan fingerprint density at radius 3 is 0.250 bits per heavy atom. The predicted molar refractivity (Wildman–Crippen MR) is 74.3 cm³/mol. The van der Waals surface area contributed by atoms with E-state index in [9.17, 15) is 0 Å². The summed E-state index contributed by atoms with van der Waals surface area (Å²) in [5.41, 5.74) is 0. The second kappa shape index (κ2) is 84.3. The van der Waals surface area contributed by atoms with E-state index in [2.05, 4.69) is 0 Å². The van der Waals surface area contributed by atoms with Crippen molar-refractivity contribution in [3.8, 4) is 0 Å². The van der Waals surface area contributed by atoms with Crippen molar-refractivity contribution in [2.75, 3.05) is 0 Å². The van der Waals surface area contributed by atoms with Crippen molar-refractivity contribution in [1.82, 2.24) is 0 Å². The third-order valence-electron chi connectivity index (χ3n) is 0. The Balaban J connectivity index is 0. The molecule has 0 nitrogen and oxygen atoms in total. The van der Waals surface area contributed by atoms with Crippen LogP contribution in [0.1, 0.15) is 0 Å². The maximum atomic E-state index is 0. The maximum absolute atomic E-state index is 0. The van der Waals surface area contributed by atoms with Crippen molar-refractivity contribution in [2.24, 2.45) is 0 Å². The SMILES string of the molecule is Cl.Cl.Cl.Cl.Cl.Cl.I.I. The first-order chi connectivity index (χ1) is 0. The van der Waals surface area contributed by atoms with Gasteiger partial charge in [-0.3, -0.25) is 0 Å². The molecule has 0 fully saturated rings. The van der Waals surface area contributed by atoms with Crippen molar-refractivity contribution in [1.29, 1.82) is 0 Å². The van der Waals surface area contributed by atoms with E-state index in [0.29, 0.717) is 0 Å². The van der Waals surface area contributed by atoms with Gasteiger partial charge in [0.15, 0.2) is 0 Å². The van der Waals surface area contributed by atoms with E-state index < -0.39 is 0 Å². The lowest BCUT2D eigenvalue weighted by Gasteiger charge is -0.148. The summed E-state index contributed by atoms with van der Waals surface area (Å²) in [6.07, 6.45) is 0. The summed E-state index contributed by atoms with van der Waals surface area (Å²) in [4.78, 5) is 0. The van der Waals surface area contributed by atoms with E-state index in [1.54, 1.807) is 0 Å². The van der Waals surface area contributed by atoms with Crippen LogP contribution in [0, 0.1) is 0 Å². The van der Waals surface area contributed by atoms with Crippen LogP contribution in [0.4, 0.5) is 0 Å². The largest absolute Gasteiger partial charge is 0.147 e. The Hall–Kier alpha value is 3.20. The highest BCUT2D eigenvalue weighted by atomic mass is 127. The van der Waals surface area contributed by atoms with Crippen LogP contribution in [0.2, 0.25) is 0 Å². The fraction of sp³-hybridized carbons (Fsp3) is 0. The molecule has 0 N–H and O–H groups in total. The number of hydrogen-bond acceptors (Lipinski definition) is 0. The first-order valence-corrected chi connectivity index (χ1v) is 0. The zero-order valence-electron chi connectivity index (χ0n) is 3.27. The molecule has 0 spiro atoms. The fourth-order valence-electron chi connectivity index (χ4n) is 0. The summed E-state index contributed by atoms with van der Waals surface area (Å²) >= 11 is 0. The van der Waals surface area contributed by atoms with Crippen LogP contribution < -0.4 is 0 Å². The fourth-order valence-corrected chi connectivity index (χ4v) is 0. The summed E-state index contributed by atoms with van der Waals surface area (Å²) in [5, 5.41) is 0. The molecule has 0 atom stereocenters. The van der Waals surface area contributed by atoms with Crippen molar-refractivity contribution in [3.63, 3.8) is 0 Å². The Labute approximate surface area is 121 Å². The Morgan fingerprint density at radius 2 is 0.250 bits per heavy atom. The van der Waals surface area contributed by atoms with Crippen LogP contribution in [0.25, 0.3) is 0 Å². The van der Waals surface area contributed by atoms with Gasteiger partial charge in [-0.05, 0) is 0 Å². The van der Waals surface area contributed by atoms with Gasteiger partial charge in [-0.1, -0.05) is 0 Å². The number of hydrogen-bond donors (Lipinski definition) is 0. The molecule has 0 saturated carbocycles. The van der Waals surface area contributed by atoms with Crippen LogP contribution in [0.5, 0.6) is 0 Å². The monoisotopic (exact) mass is 472 g/mol. The molecule has 0 aliphatic carbocycles. The van der Waals surface area contributed by atoms with Crippen molar-refractivity contribution >= 4 is 122 Å². The molecule has 0 aromatic carbocycles. The zero-order valence-corrected chi connectivity index (χ0v) is 12.8. The quantitative estimate of drug-likeness (QED) is 0.469. The third kappa shape index (κ3) is 60.4. The molecule has 0 saturated heterocycles. The lowest BCUT2D eigenvalue weighted by Crippen LogP contribution is 0.689. The second-order valence-corrected chi connectivity index (χ2v) is 0.